The molecular weight excluding hydrogens is 252 g/mol. The van der Waals surface area contributed by atoms with Crippen molar-refractivity contribution < 1.29 is 9.53 Å². The lowest BCUT2D eigenvalue weighted by molar-refractivity contribution is -0.123. The molecule has 20 heavy (non-hydrogen) atoms. The van der Waals surface area contributed by atoms with Crippen LogP contribution in [0.2, 0.25) is 0 Å². The molecule has 1 unspecified atom stereocenters. The first-order valence-corrected chi connectivity index (χ1v) is 7.30. The lowest BCUT2D eigenvalue weighted by Crippen LogP contribution is -2.30. The summed E-state index contributed by atoms with van der Waals surface area (Å²) in [5.74, 6) is 1.43. The highest BCUT2D eigenvalue weighted by molar-refractivity contribution is 5.77. The van der Waals surface area contributed by atoms with Crippen molar-refractivity contribution in [3.63, 3.8) is 0 Å². The van der Waals surface area contributed by atoms with E-state index in [0.717, 1.165) is 29.8 Å². The van der Waals surface area contributed by atoms with Gasteiger partial charge in [0, 0.05) is 12.6 Å². The van der Waals surface area contributed by atoms with Gasteiger partial charge in [0.25, 0.3) is 5.91 Å². The summed E-state index contributed by atoms with van der Waals surface area (Å²) in [6, 6.07) is 6.06. The molecule has 1 saturated carbocycles. The van der Waals surface area contributed by atoms with E-state index in [1.165, 1.54) is 12.8 Å². The summed E-state index contributed by atoms with van der Waals surface area (Å²) < 4.78 is 5.72. The van der Waals surface area contributed by atoms with Crippen LogP contribution in [0.1, 0.15) is 30.9 Å². The van der Waals surface area contributed by atoms with Gasteiger partial charge in [-0.3, -0.25) is 4.79 Å². The molecule has 0 bridgehead atoms. The van der Waals surface area contributed by atoms with Crippen molar-refractivity contribution in [3.8, 4) is 5.75 Å². The third kappa shape index (κ3) is 4.53. The third-order valence-corrected chi connectivity index (χ3v) is 3.47. The quantitative estimate of drug-likeness (QED) is 0.798. The van der Waals surface area contributed by atoms with Gasteiger partial charge in [-0.1, -0.05) is 18.2 Å². The second-order valence-electron chi connectivity index (χ2n) is 5.78. The van der Waals surface area contributed by atoms with Crippen LogP contribution in [0.3, 0.4) is 0 Å². The van der Waals surface area contributed by atoms with Crippen LogP contribution >= 0.6 is 0 Å². The number of hydrogen-bond donors (Lipinski definition) is 2. The van der Waals surface area contributed by atoms with Gasteiger partial charge < -0.3 is 15.8 Å². The molecule has 0 aliphatic heterocycles. The molecule has 0 aromatic heterocycles. The monoisotopic (exact) mass is 276 g/mol. The fourth-order valence-corrected chi connectivity index (χ4v) is 2.20. The zero-order valence-corrected chi connectivity index (χ0v) is 12.3. The van der Waals surface area contributed by atoms with Crippen LogP contribution in [-0.2, 0) is 11.2 Å². The minimum atomic E-state index is -0.0492. The molecular formula is C16H24N2O2. The molecule has 1 fully saturated rings. The van der Waals surface area contributed by atoms with Crippen LogP contribution in [0, 0.1) is 12.8 Å². The van der Waals surface area contributed by atoms with Crippen molar-refractivity contribution in [1.82, 2.24) is 5.32 Å². The van der Waals surface area contributed by atoms with Crippen molar-refractivity contribution in [2.45, 2.75) is 39.2 Å². The Bertz CT molecular complexity index is 468. The summed E-state index contributed by atoms with van der Waals surface area (Å²) in [6.07, 6.45) is 3.22. The van der Waals surface area contributed by atoms with E-state index in [-0.39, 0.29) is 18.6 Å². The van der Waals surface area contributed by atoms with E-state index in [9.17, 15) is 4.79 Å². The number of hydrogen-bond acceptors (Lipinski definition) is 3. The molecule has 2 rings (SSSR count). The Hall–Kier alpha value is -1.55. The predicted octanol–water partition coefficient (Wildman–Crippen LogP) is 1.79. The summed E-state index contributed by atoms with van der Waals surface area (Å²) in [5, 5.41) is 2.91. The number of benzene rings is 1. The van der Waals surface area contributed by atoms with E-state index in [0.29, 0.717) is 5.92 Å². The molecule has 1 aliphatic carbocycles. The molecule has 0 heterocycles. The van der Waals surface area contributed by atoms with Crippen molar-refractivity contribution in [3.05, 3.63) is 29.3 Å². The van der Waals surface area contributed by atoms with Gasteiger partial charge in [0.2, 0.25) is 0 Å². The van der Waals surface area contributed by atoms with Crippen molar-refractivity contribution in [1.29, 1.82) is 0 Å². The van der Waals surface area contributed by atoms with E-state index in [4.69, 9.17) is 10.5 Å². The fourth-order valence-electron chi connectivity index (χ4n) is 2.20. The standard InChI is InChI=1S/C16H24N2O2/c1-11-4-3-5-14(8-12(2)17)16(11)20-10-15(19)18-9-13-6-7-13/h3-5,12-13H,6-10,17H2,1-2H3,(H,18,19). The Kier molecular flexibility index (Phi) is 5.01. The van der Waals surface area contributed by atoms with Gasteiger partial charge in [-0.05, 0) is 50.2 Å². The van der Waals surface area contributed by atoms with Crippen LogP contribution in [0.15, 0.2) is 18.2 Å². The number of carbonyl (C=O) groups excluding carboxylic acids is 1. The van der Waals surface area contributed by atoms with Crippen molar-refractivity contribution >= 4 is 5.91 Å². The number of amides is 1. The molecule has 0 saturated heterocycles. The Morgan fingerprint density at radius 3 is 2.90 bits per heavy atom. The first-order valence-electron chi connectivity index (χ1n) is 7.30. The zero-order chi connectivity index (χ0) is 14.5. The molecule has 1 amide bonds. The number of nitrogens with two attached hydrogens (primary N) is 1. The van der Waals surface area contributed by atoms with Gasteiger partial charge in [0.15, 0.2) is 6.61 Å². The van der Waals surface area contributed by atoms with Gasteiger partial charge in [-0.15, -0.1) is 0 Å². The number of rotatable bonds is 7. The van der Waals surface area contributed by atoms with Gasteiger partial charge in [-0.2, -0.15) is 0 Å². The average Bonchev–Trinajstić information content (AvgIpc) is 3.19. The normalized spacial score (nSPS) is 15.8. The van der Waals surface area contributed by atoms with Gasteiger partial charge in [-0.25, -0.2) is 0 Å². The molecule has 1 atom stereocenters. The number of ether oxygens (including phenoxy) is 1. The molecule has 1 aliphatic rings. The molecule has 3 N–H and O–H groups in total. The van der Waals surface area contributed by atoms with E-state index in [1.54, 1.807) is 0 Å². The Labute approximate surface area is 120 Å². The minimum absolute atomic E-state index is 0.0492. The smallest absolute Gasteiger partial charge is 0.257 e. The van der Waals surface area contributed by atoms with Gasteiger partial charge >= 0.3 is 0 Å². The molecule has 4 nitrogen and oxygen atoms in total. The Morgan fingerprint density at radius 2 is 2.25 bits per heavy atom. The summed E-state index contributed by atoms with van der Waals surface area (Å²) in [6.45, 7) is 4.81. The lowest BCUT2D eigenvalue weighted by Gasteiger charge is -2.15. The van der Waals surface area contributed by atoms with E-state index >= 15 is 0 Å². The van der Waals surface area contributed by atoms with Gasteiger partial charge in [0.05, 0.1) is 0 Å². The van der Waals surface area contributed by atoms with Crippen LogP contribution in [-0.4, -0.2) is 25.1 Å². The maximum absolute atomic E-state index is 11.7. The Morgan fingerprint density at radius 1 is 1.50 bits per heavy atom. The maximum atomic E-state index is 11.7. The van der Waals surface area contributed by atoms with Crippen LogP contribution in [0.4, 0.5) is 0 Å². The first kappa shape index (κ1) is 14.9. The van der Waals surface area contributed by atoms with Crippen molar-refractivity contribution in [2.75, 3.05) is 13.2 Å². The third-order valence-electron chi connectivity index (χ3n) is 3.47. The lowest BCUT2D eigenvalue weighted by atomic mass is 10.0. The topological polar surface area (TPSA) is 64.3 Å². The number of nitrogens with one attached hydrogen (secondary N) is 1. The minimum Gasteiger partial charge on any atom is -0.483 e. The predicted molar refractivity (Wildman–Crippen MR) is 79.8 cm³/mol. The summed E-state index contributed by atoms with van der Waals surface area (Å²) >= 11 is 0. The maximum Gasteiger partial charge on any atom is 0.257 e. The summed E-state index contributed by atoms with van der Waals surface area (Å²) in [4.78, 5) is 11.7. The second-order valence-corrected chi connectivity index (χ2v) is 5.78. The molecule has 110 valence electrons. The fraction of sp³-hybridized carbons (Fsp3) is 0.562. The van der Waals surface area contributed by atoms with Crippen LogP contribution in [0.5, 0.6) is 5.75 Å². The van der Waals surface area contributed by atoms with E-state index in [1.807, 2.05) is 32.0 Å². The molecule has 0 spiro atoms. The summed E-state index contributed by atoms with van der Waals surface area (Å²) in [5.41, 5.74) is 7.96. The van der Waals surface area contributed by atoms with Crippen LogP contribution < -0.4 is 15.8 Å². The molecule has 4 heteroatoms. The van der Waals surface area contributed by atoms with E-state index < -0.39 is 0 Å². The van der Waals surface area contributed by atoms with Crippen molar-refractivity contribution in [2.24, 2.45) is 11.7 Å². The highest BCUT2D eigenvalue weighted by Gasteiger charge is 2.21. The van der Waals surface area contributed by atoms with Gasteiger partial charge in [0.1, 0.15) is 5.75 Å². The largest absolute Gasteiger partial charge is 0.483 e. The number of carbonyl (C=O) groups is 1. The SMILES string of the molecule is Cc1cccc(CC(C)N)c1OCC(=O)NCC1CC1. The zero-order valence-electron chi connectivity index (χ0n) is 12.3. The first-order chi connectivity index (χ1) is 9.56. The second kappa shape index (κ2) is 6.75. The molecule has 0 radical (unpaired) electrons. The highest BCUT2D eigenvalue weighted by atomic mass is 16.5. The average molecular weight is 276 g/mol. The number of para-hydroxylation sites is 1. The molecule has 1 aromatic carbocycles. The van der Waals surface area contributed by atoms with E-state index in [2.05, 4.69) is 5.32 Å². The van der Waals surface area contributed by atoms with Crippen LogP contribution in [0.25, 0.3) is 0 Å². The number of aryl methyl sites for hydroxylation is 1. The highest BCUT2D eigenvalue weighted by Crippen LogP contribution is 2.27. The molecule has 1 aromatic rings. The Balaban J connectivity index is 1.91. The summed E-state index contributed by atoms with van der Waals surface area (Å²) in [7, 11) is 0.